The Bertz CT molecular complexity index is 312. The zero-order chi connectivity index (χ0) is 12.1. The second kappa shape index (κ2) is 6.47. The standard InChI is InChI=1S/C13H23N3S/c1-3-4-12-10-16(11(2)9-15-12)7-5-13-14-6-8-17-13/h6,8,11-12,15H,3-5,7,9-10H2,1-2H3. The number of thiazole rings is 1. The summed E-state index contributed by atoms with van der Waals surface area (Å²) in [5, 5.41) is 6.97. The summed E-state index contributed by atoms with van der Waals surface area (Å²) in [5.74, 6) is 0. The van der Waals surface area contributed by atoms with Gasteiger partial charge in [0, 0.05) is 49.7 Å². The summed E-state index contributed by atoms with van der Waals surface area (Å²) in [5.41, 5.74) is 0. The molecule has 0 saturated carbocycles. The minimum Gasteiger partial charge on any atom is -0.311 e. The third kappa shape index (κ3) is 3.76. The molecule has 2 atom stereocenters. The van der Waals surface area contributed by atoms with Crippen molar-refractivity contribution < 1.29 is 0 Å². The van der Waals surface area contributed by atoms with Crippen molar-refractivity contribution in [1.29, 1.82) is 0 Å². The van der Waals surface area contributed by atoms with Crippen LogP contribution in [-0.2, 0) is 6.42 Å². The molecule has 0 radical (unpaired) electrons. The first-order valence-electron chi connectivity index (χ1n) is 6.65. The number of hydrogen-bond donors (Lipinski definition) is 1. The van der Waals surface area contributed by atoms with E-state index in [1.807, 2.05) is 6.20 Å². The van der Waals surface area contributed by atoms with Crippen LogP contribution >= 0.6 is 11.3 Å². The van der Waals surface area contributed by atoms with Gasteiger partial charge < -0.3 is 5.32 Å². The lowest BCUT2D eigenvalue weighted by Crippen LogP contribution is -2.55. The van der Waals surface area contributed by atoms with Gasteiger partial charge in [-0.1, -0.05) is 13.3 Å². The maximum Gasteiger partial charge on any atom is 0.0937 e. The molecule has 2 unspecified atom stereocenters. The van der Waals surface area contributed by atoms with Gasteiger partial charge in [0.15, 0.2) is 0 Å². The molecule has 1 aliphatic rings. The Kier molecular flexibility index (Phi) is 4.95. The van der Waals surface area contributed by atoms with E-state index in [-0.39, 0.29) is 0 Å². The molecule has 1 fully saturated rings. The topological polar surface area (TPSA) is 28.2 Å². The molecular formula is C13H23N3S. The molecule has 1 saturated heterocycles. The molecule has 4 heteroatoms. The van der Waals surface area contributed by atoms with Gasteiger partial charge in [-0.3, -0.25) is 4.90 Å². The lowest BCUT2D eigenvalue weighted by atomic mass is 10.1. The molecule has 0 spiro atoms. The number of hydrogen-bond acceptors (Lipinski definition) is 4. The van der Waals surface area contributed by atoms with Crippen LogP contribution in [-0.4, -0.2) is 41.6 Å². The van der Waals surface area contributed by atoms with Gasteiger partial charge in [0.05, 0.1) is 5.01 Å². The van der Waals surface area contributed by atoms with Gasteiger partial charge in [-0.15, -0.1) is 11.3 Å². The maximum atomic E-state index is 4.36. The van der Waals surface area contributed by atoms with E-state index >= 15 is 0 Å². The molecule has 0 aromatic carbocycles. The number of aromatic nitrogens is 1. The molecule has 0 amide bonds. The van der Waals surface area contributed by atoms with Crippen molar-refractivity contribution in [3.8, 4) is 0 Å². The average molecular weight is 253 g/mol. The summed E-state index contributed by atoms with van der Waals surface area (Å²) in [7, 11) is 0. The van der Waals surface area contributed by atoms with Crippen molar-refractivity contribution in [2.75, 3.05) is 19.6 Å². The second-order valence-corrected chi connectivity index (χ2v) is 5.89. The van der Waals surface area contributed by atoms with E-state index in [1.54, 1.807) is 11.3 Å². The van der Waals surface area contributed by atoms with Crippen molar-refractivity contribution in [2.45, 2.75) is 45.2 Å². The van der Waals surface area contributed by atoms with Crippen molar-refractivity contribution >= 4 is 11.3 Å². The molecule has 3 nitrogen and oxygen atoms in total. The van der Waals surface area contributed by atoms with Gasteiger partial charge in [-0.2, -0.15) is 0 Å². The van der Waals surface area contributed by atoms with E-state index in [2.05, 4.69) is 34.4 Å². The molecule has 96 valence electrons. The van der Waals surface area contributed by atoms with Crippen LogP contribution in [0, 0.1) is 0 Å². The molecule has 1 aromatic heterocycles. The molecular weight excluding hydrogens is 230 g/mol. The molecule has 2 heterocycles. The fourth-order valence-electron chi connectivity index (χ4n) is 2.46. The number of piperazine rings is 1. The van der Waals surface area contributed by atoms with E-state index in [4.69, 9.17) is 0 Å². The van der Waals surface area contributed by atoms with Crippen molar-refractivity contribution in [2.24, 2.45) is 0 Å². The Morgan fingerprint density at radius 2 is 2.47 bits per heavy atom. The first-order valence-corrected chi connectivity index (χ1v) is 7.53. The van der Waals surface area contributed by atoms with E-state index in [0.717, 1.165) is 19.5 Å². The highest BCUT2D eigenvalue weighted by Gasteiger charge is 2.23. The minimum absolute atomic E-state index is 0.656. The molecule has 0 aliphatic carbocycles. The molecule has 1 aliphatic heterocycles. The van der Waals surface area contributed by atoms with E-state index < -0.39 is 0 Å². The lowest BCUT2D eigenvalue weighted by Gasteiger charge is -2.38. The SMILES string of the molecule is CCCC1CN(CCc2nccs2)C(C)CN1. The zero-order valence-corrected chi connectivity index (χ0v) is 11.7. The number of rotatable bonds is 5. The van der Waals surface area contributed by atoms with E-state index in [0.29, 0.717) is 12.1 Å². The third-order valence-corrected chi connectivity index (χ3v) is 4.35. The third-order valence-electron chi connectivity index (χ3n) is 3.51. The van der Waals surface area contributed by atoms with Crippen molar-refractivity contribution in [1.82, 2.24) is 15.2 Å². The van der Waals surface area contributed by atoms with Gasteiger partial charge >= 0.3 is 0 Å². The molecule has 17 heavy (non-hydrogen) atoms. The highest BCUT2D eigenvalue weighted by Crippen LogP contribution is 2.12. The predicted molar refractivity (Wildman–Crippen MR) is 73.6 cm³/mol. The summed E-state index contributed by atoms with van der Waals surface area (Å²) < 4.78 is 0. The minimum atomic E-state index is 0.656. The monoisotopic (exact) mass is 253 g/mol. The summed E-state index contributed by atoms with van der Waals surface area (Å²) >= 11 is 1.77. The van der Waals surface area contributed by atoms with Crippen LogP contribution in [0.25, 0.3) is 0 Å². The van der Waals surface area contributed by atoms with E-state index in [1.165, 1.54) is 24.4 Å². The van der Waals surface area contributed by atoms with Crippen LogP contribution in [0.4, 0.5) is 0 Å². The quantitative estimate of drug-likeness (QED) is 0.871. The second-order valence-electron chi connectivity index (χ2n) is 4.91. The molecule has 1 aromatic rings. The molecule has 0 bridgehead atoms. The van der Waals surface area contributed by atoms with Crippen molar-refractivity contribution in [3.05, 3.63) is 16.6 Å². The van der Waals surface area contributed by atoms with E-state index in [9.17, 15) is 0 Å². The Balaban J connectivity index is 1.81. The Morgan fingerprint density at radius 3 is 3.18 bits per heavy atom. The maximum absolute atomic E-state index is 4.36. The normalized spacial score (nSPS) is 26.2. The Morgan fingerprint density at radius 1 is 1.59 bits per heavy atom. The molecule has 2 rings (SSSR count). The molecule has 1 N–H and O–H groups in total. The van der Waals surface area contributed by atoms with Crippen LogP contribution < -0.4 is 5.32 Å². The van der Waals surface area contributed by atoms with Crippen LogP contribution in [0.3, 0.4) is 0 Å². The number of nitrogens with one attached hydrogen (secondary N) is 1. The van der Waals surface area contributed by atoms with Crippen LogP contribution in [0.5, 0.6) is 0 Å². The fourth-order valence-corrected chi connectivity index (χ4v) is 3.07. The summed E-state index contributed by atoms with van der Waals surface area (Å²) in [4.78, 5) is 6.97. The highest BCUT2D eigenvalue weighted by atomic mass is 32.1. The number of nitrogens with zero attached hydrogens (tertiary/aromatic N) is 2. The van der Waals surface area contributed by atoms with Crippen molar-refractivity contribution in [3.63, 3.8) is 0 Å². The van der Waals surface area contributed by atoms with Crippen LogP contribution in [0.1, 0.15) is 31.7 Å². The fraction of sp³-hybridized carbons (Fsp3) is 0.769. The van der Waals surface area contributed by atoms with Gasteiger partial charge in [0.25, 0.3) is 0 Å². The summed E-state index contributed by atoms with van der Waals surface area (Å²) in [6, 6.07) is 1.34. The van der Waals surface area contributed by atoms with Gasteiger partial charge in [-0.05, 0) is 13.3 Å². The smallest absolute Gasteiger partial charge is 0.0937 e. The van der Waals surface area contributed by atoms with Crippen LogP contribution in [0.2, 0.25) is 0 Å². The van der Waals surface area contributed by atoms with Gasteiger partial charge in [0.2, 0.25) is 0 Å². The lowest BCUT2D eigenvalue weighted by molar-refractivity contribution is 0.138. The summed E-state index contributed by atoms with van der Waals surface area (Å²) in [6.45, 7) is 8.05. The Hall–Kier alpha value is -0.450. The van der Waals surface area contributed by atoms with Crippen LogP contribution in [0.15, 0.2) is 11.6 Å². The van der Waals surface area contributed by atoms with Gasteiger partial charge in [0.1, 0.15) is 0 Å². The highest BCUT2D eigenvalue weighted by molar-refractivity contribution is 7.09. The van der Waals surface area contributed by atoms with Gasteiger partial charge in [-0.25, -0.2) is 4.98 Å². The average Bonchev–Trinajstić information content (AvgIpc) is 2.83. The largest absolute Gasteiger partial charge is 0.311 e. The zero-order valence-electron chi connectivity index (χ0n) is 10.9. The Labute approximate surface area is 108 Å². The first kappa shape index (κ1) is 13.0. The predicted octanol–water partition coefficient (Wildman–Crippen LogP) is 2.15. The first-order chi connectivity index (χ1) is 8.29. The summed E-state index contributed by atoms with van der Waals surface area (Å²) in [6.07, 6.45) is 5.56.